The molecule has 0 aliphatic rings. The van der Waals surface area contributed by atoms with Gasteiger partial charge in [0.05, 0.1) is 19.0 Å². The molecule has 23 heavy (non-hydrogen) atoms. The molecule has 0 bridgehead atoms. The molecule has 0 radical (unpaired) electrons. The highest BCUT2D eigenvalue weighted by Crippen LogP contribution is 2.24. The number of para-hydroxylation sites is 1. The monoisotopic (exact) mass is 306 g/mol. The number of fused-ring (bicyclic) bond motifs is 3. The first-order valence-electron chi connectivity index (χ1n) is 7.34. The number of rotatable bonds is 3. The third-order valence-corrected chi connectivity index (χ3v) is 3.90. The van der Waals surface area contributed by atoms with E-state index in [-0.39, 0.29) is 17.7 Å². The molecule has 0 aliphatic carbocycles. The van der Waals surface area contributed by atoms with Gasteiger partial charge >= 0.3 is 0 Å². The van der Waals surface area contributed by atoms with Crippen molar-refractivity contribution in [1.82, 2.24) is 9.55 Å². The van der Waals surface area contributed by atoms with E-state index in [2.05, 4.69) is 4.98 Å². The van der Waals surface area contributed by atoms with E-state index in [0.29, 0.717) is 11.1 Å². The van der Waals surface area contributed by atoms with Crippen molar-refractivity contribution >= 4 is 22.1 Å². The molecule has 1 unspecified atom stereocenters. The van der Waals surface area contributed by atoms with E-state index in [4.69, 9.17) is 4.42 Å². The molecule has 0 spiro atoms. The zero-order valence-electron chi connectivity index (χ0n) is 12.2. The van der Waals surface area contributed by atoms with Crippen LogP contribution in [0.25, 0.3) is 22.1 Å². The van der Waals surface area contributed by atoms with Gasteiger partial charge < -0.3 is 9.52 Å². The Kier molecular flexibility index (Phi) is 3.20. The van der Waals surface area contributed by atoms with E-state index in [0.717, 1.165) is 10.9 Å². The average molecular weight is 306 g/mol. The summed E-state index contributed by atoms with van der Waals surface area (Å²) in [6.07, 6.45) is 0.677. The Hall–Kier alpha value is -2.92. The molecule has 0 fully saturated rings. The molecule has 2 heterocycles. The van der Waals surface area contributed by atoms with Crippen LogP contribution in [-0.4, -0.2) is 14.7 Å². The third kappa shape index (κ3) is 2.31. The van der Waals surface area contributed by atoms with Crippen LogP contribution in [0.3, 0.4) is 0 Å². The molecule has 5 nitrogen and oxygen atoms in total. The van der Waals surface area contributed by atoms with Gasteiger partial charge in [0.25, 0.3) is 5.56 Å². The second kappa shape index (κ2) is 5.37. The standard InChI is InChI=1S/C18H14N2O3/c21-14(12-6-2-1-3-7-12)10-20-11-19-16-13-8-4-5-9-15(13)23-17(16)18(20)22/h1-9,11,14,21H,10H2. The van der Waals surface area contributed by atoms with Crippen LogP contribution in [0.1, 0.15) is 11.7 Å². The number of aliphatic hydroxyl groups excluding tert-OH is 1. The number of hydrogen-bond acceptors (Lipinski definition) is 4. The summed E-state index contributed by atoms with van der Waals surface area (Å²) < 4.78 is 7.01. The number of aromatic nitrogens is 2. The lowest BCUT2D eigenvalue weighted by molar-refractivity contribution is 0.155. The molecule has 2 aromatic heterocycles. The van der Waals surface area contributed by atoms with Crippen molar-refractivity contribution in [3.8, 4) is 0 Å². The number of aliphatic hydroxyl groups is 1. The smallest absolute Gasteiger partial charge is 0.297 e. The van der Waals surface area contributed by atoms with Crippen LogP contribution in [0.5, 0.6) is 0 Å². The predicted molar refractivity (Wildman–Crippen MR) is 87.2 cm³/mol. The van der Waals surface area contributed by atoms with Gasteiger partial charge in [0.15, 0.2) is 0 Å². The second-order valence-electron chi connectivity index (χ2n) is 5.40. The molecule has 2 aromatic carbocycles. The molecule has 1 N–H and O–H groups in total. The second-order valence-corrected chi connectivity index (χ2v) is 5.40. The van der Waals surface area contributed by atoms with Crippen LogP contribution in [0.4, 0.5) is 0 Å². The average Bonchev–Trinajstić information content (AvgIpc) is 2.98. The lowest BCUT2D eigenvalue weighted by Gasteiger charge is -2.12. The molecule has 0 amide bonds. The van der Waals surface area contributed by atoms with Crippen molar-refractivity contribution in [2.24, 2.45) is 0 Å². The van der Waals surface area contributed by atoms with Crippen molar-refractivity contribution in [2.45, 2.75) is 12.6 Å². The van der Waals surface area contributed by atoms with Crippen LogP contribution in [0.2, 0.25) is 0 Å². The number of hydrogen-bond donors (Lipinski definition) is 1. The Bertz CT molecular complexity index is 1030. The quantitative estimate of drug-likeness (QED) is 0.632. The normalized spacial score (nSPS) is 12.7. The Labute approximate surface area is 131 Å². The summed E-state index contributed by atoms with van der Waals surface area (Å²) in [7, 11) is 0. The zero-order chi connectivity index (χ0) is 15.8. The van der Waals surface area contributed by atoms with E-state index in [9.17, 15) is 9.90 Å². The number of benzene rings is 2. The molecule has 0 saturated heterocycles. The Morgan fingerprint density at radius 1 is 1.09 bits per heavy atom. The van der Waals surface area contributed by atoms with Gasteiger partial charge in [-0.1, -0.05) is 42.5 Å². The van der Waals surface area contributed by atoms with Crippen LogP contribution >= 0.6 is 0 Å². The summed E-state index contributed by atoms with van der Waals surface area (Å²) >= 11 is 0. The van der Waals surface area contributed by atoms with Crippen molar-refractivity contribution < 1.29 is 9.52 Å². The summed E-state index contributed by atoms with van der Waals surface area (Å²) in [4.78, 5) is 16.9. The highest BCUT2D eigenvalue weighted by Gasteiger charge is 2.15. The van der Waals surface area contributed by atoms with Gasteiger partial charge in [-0.05, 0) is 17.7 Å². The zero-order valence-corrected chi connectivity index (χ0v) is 12.2. The maximum absolute atomic E-state index is 12.6. The van der Waals surface area contributed by atoms with Gasteiger partial charge in [0.1, 0.15) is 11.1 Å². The minimum atomic E-state index is -0.780. The number of nitrogens with zero attached hydrogens (tertiary/aromatic N) is 2. The molecule has 4 rings (SSSR count). The van der Waals surface area contributed by atoms with Gasteiger partial charge in [-0.25, -0.2) is 4.98 Å². The number of furan rings is 1. The van der Waals surface area contributed by atoms with Crippen LogP contribution in [0.15, 0.2) is 70.1 Å². The summed E-state index contributed by atoms with van der Waals surface area (Å²) in [5.41, 5.74) is 1.86. The Morgan fingerprint density at radius 3 is 2.65 bits per heavy atom. The summed E-state index contributed by atoms with van der Waals surface area (Å²) in [6.45, 7) is 0.128. The molecule has 114 valence electrons. The largest absolute Gasteiger partial charge is 0.448 e. The fraction of sp³-hybridized carbons (Fsp3) is 0.111. The predicted octanol–water partition coefficient (Wildman–Crippen LogP) is 2.88. The third-order valence-electron chi connectivity index (χ3n) is 3.90. The molecular formula is C18H14N2O3. The Balaban J connectivity index is 1.78. The maximum Gasteiger partial charge on any atom is 0.297 e. The summed E-state index contributed by atoms with van der Waals surface area (Å²) in [6, 6.07) is 16.6. The summed E-state index contributed by atoms with van der Waals surface area (Å²) in [5, 5.41) is 11.1. The molecule has 5 heteroatoms. The lowest BCUT2D eigenvalue weighted by atomic mass is 10.1. The SMILES string of the molecule is O=c1c2oc3ccccc3c2ncn1CC(O)c1ccccc1. The molecule has 4 aromatic rings. The van der Waals surface area contributed by atoms with E-state index in [1.54, 1.807) is 6.07 Å². The topological polar surface area (TPSA) is 68.3 Å². The van der Waals surface area contributed by atoms with E-state index in [1.165, 1.54) is 10.9 Å². The highest BCUT2D eigenvalue weighted by molar-refractivity contribution is 6.01. The van der Waals surface area contributed by atoms with Gasteiger partial charge in [-0.3, -0.25) is 9.36 Å². The van der Waals surface area contributed by atoms with Crippen molar-refractivity contribution in [3.05, 3.63) is 76.8 Å². The van der Waals surface area contributed by atoms with Gasteiger partial charge in [0.2, 0.25) is 5.58 Å². The Morgan fingerprint density at radius 2 is 1.83 bits per heavy atom. The summed E-state index contributed by atoms with van der Waals surface area (Å²) in [5.74, 6) is 0. The lowest BCUT2D eigenvalue weighted by Crippen LogP contribution is -2.23. The molecule has 0 saturated carbocycles. The van der Waals surface area contributed by atoms with Gasteiger partial charge in [-0.2, -0.15) is 0 Å². The fourth-order valence-corrected chi connectivity index (χ4v) is 2.71. The first-order valence-corrected chi connectivity index (χ1v) is 7.34. The maximum atomic E-state index is 12.6. The first-order chi connectivity index (χ1) is 11.2. The molecule has 1 atom stereocenters. The molecular weight excluding hydrogens is 292 g/mol. The van der Waals surface area contributed by atoms with E-state index in [1.807, 2.05) is 48.5 Å². The first kappa shape index (κ1) is 13.7. The van der Waals surface area contributed by atoms with Crippen LogP contribution < -0.4 is 5.56 Å². The van der Waals surface area contributed by atoms with Crippen molar-refractivity contribution in [2.75, 3.05) is 0 Å². The van der Waals surface area contributed by atoms with E-state index >= 15 is 0 Å². The van der Waals surface area contributed by atoms with Crippen LogP contribution in [0, 0.1) is 0 Å². The van der Waals surface area contributed by atoms with Crippen molar-refractivity contribution in [3.63, 3.8) is 0 Å². The molecule has 0 aliphatic heterocycles. The van der Waals surface area contributed by atoms with E-state index < -0.39 is 6.10 Å². The highest BCUT2D eigenvalue weighted by atomic mass is 16.3. The van der Waals surface area contributed by atoms with Crippen molar-refractivity contribution in [1.29, 1.82) is 0 Å². The fourth-order valence-electron chi connectivity index (χ4n) is 2.71. The van der Waals surface area contributed by atoms with Gasteiger partial charge in [0, 0.05) is 5.39 Å². The van der Waals surface area contributed by atoms with Crippen LogP contribution in [-0.2, 0) is 6.54 Å². The minimum absolute atomic E-state index is 0.128. The minimum Gasteiger partial charge on any atom is -0.448 e. The van der Waals surface area contributed by atoms with Gasteiger partial charge in [-0.15, -0.1) is 0 Å².